The summed E-state index contributed by atoms with van der Waals surface area (Å²) in [5.74, 6) is 1.33. The molecular formula is C22H35NO2. The fourth-order valence-corrected chi connectivity index (χ4v) is 4.63. The number of aryl methyl sites for hydroxylation is 1. The third kappa shape index (κ3) is 4.84. The zero-order chi connectivity index (χ0) is 17.9. The molecule has 0 spiro atoms. The predicted octanol–water partition coefficient (Wildman–Crippen LogP) is 3.95. The van der Waals surface area contributed by atoms with Crippen LogP contribution in [0.15, 0.2) is 18.2 Å². The fraction of sp³-hybridized carbons (Fsp3) is 0.727. The summed E-state index contributed by atoms with van der Waals surface area (Å²) in [7, 11) is 0. The van der Waals surface area contributed by atoms with E-state index in [9.17, 15) is 5.11 Å². The summed E-state index contributed by atoms with van der Waals surface area (Å²) in [4.78, 5) is 0. The van der Waals surface area contributed by atoms with Crippen LogP contribution in [-0.4, -0.2) is 30.0 Å². The largest absolute Gasteiger partial charge is 0.394 e. The van der Waals surface area contributed by atoms with Crippen LogP contribution in [0, 0.1) is 5.92 Å². The van der Waals surface area contributed by atoms with E-state index in [-0.39, 0.29) is 12.1 Å². The Labute approximate surface area is 153 Å². The first-order valence-electron chi connectivity index (χ1n) is 10.1. The van der Waals surface area contributed by atoms with Gasteiger partial charge < -0.3 is 15.6 Å². The lowest BCUT2D eigenvalue weighted by Gasteiger charge is -2.26. The van der Waals surface area contributed by atoms with Gasteiger partial charge in [0.25, 0.3) is 0 Å². The zero-order valence-electron chi connectivity index (χ0n) is 16.0. The van der Waals surface area contributed by atoms with Crippen LogP contribution in [0.4, 0.5) is 0 Å². The van der Waals surface area contributed by atoms with Gasteiger partial charge in [0.05, 0.1) is 12.7 Å². The third-order valence-electron chi connectivity index (χ3n) is 6.20. The molecular weight excluding hydrogens is 310 g/mol. The molecule has 1 saturated carbocycles. The molecule has 3 atom stereocenters. The number of ether oxygens (including phenoxy) is 1. The Bertz CT molecular complexity index is 571. The van der Waals surface area contributed by atoms with Crippen molar-refractivity contribution >= 4 is 0 Å². The first-order valence-corrected chi connectivity index (χ1v) is 10.1. The van der Waals surface area contributed by atoms with Gasteiger partial charge in [-0.25, -0.2) is 0 Å². The molecule has 1 fully saturated rings. The Morgan fingerprint density at radius 1 is 1.28 bits per heavy atom. The topological polar surface area (TPSA) is 55.5 Å². The van der Waals surface area contributed by atoms with Gasteiger partial charge in [-0.3, -0.25) is 0 Å². The predicted molar refractivity (Wildman–Crippen MR) is 103 cm³/mol. The summed E-state index contributed by atoms with van der Waals surface area (Å²) in [5.41, 5.74) is 10.4. The standard InChI is InChI=1S/C22H35NO2/c1-16(2)25-11-3-4-17-5-6-19-13-20(8-7-18(19)12-17)21-9-10-22(23,14-21)15-24/h7-8,13,16-17,21,24H,3-6,9-12,14-15,23H2,1-2H3/t17?,21-,22+/m0/s1. The van der Waals surface area contributed by atoms with E-state index in [2.05, 4.69) is 32.0 Å². The molecule has 2 aliphatic carbocycles. The summed E-state index contributed by atoms with van der Waals surface area (Å²) < 4.78 is 5.67. The van der Waals surface area contributed by atoms with Crippen LogP contribution < -0.4 is 5.73 Å². The fourth-order valence-electron chi connectivity index (χ4n) is 4.63. The number of aliphatic hydroxyl groups is 1. The first-order chi connectivity index (χ1) is 12.0. The molecule has 1 unspecified atom stereocenters. The number of hydrogen-bond acceptors (Lipinski definition) is 3. The van der Waals surface area contributed by atoms with Crippen LogP contribution in [-0.2, 0) is 17.6 Å². The molecule has 0 aromatic heterocycles. The van der Waals surface area contributed by atoms with Crippen LogP contribution >= 0.6 is 0 Å². The van der Waals surface area contributed by atoms with Crippen LogP contribution in [0.2, 0.25) is 0 Å². The van der Waals surface area contributed by atoms with E-state index in [0.717, 1.165) is 31.8 Å². The molecule has 3 N–H and O–H groups in total. The molecule has 0 saturated heterocycles. The monoisotopic (exact) mass is 345 g/mol. The normalized spacial score (nSPS) is 29.2. The van der Waals surface area contributed by atoms with Gasteiger partial charge in [0.2, 0.25) is 0 Å². The summed E-state index contributed by atoms with van der Waals surface area (Å²) in [6.45, 7) is 5.21. The van der Waals surface area contributed by atoms with Crippen molar-refractivity contribution in [2.45, 2.75) is 82.8 Å². The third-order valence-corrected chi connectivity index (χ3v) is 6.20. The highest BCUT2D eigenvalue weighted by molar-refractivity contribution is 5.36. The van der Waals surface area contributed by atoms with E-state index in [1.165, 1.54) is 37.7 Å². The summed E-state index contributed by atoms with van der Waals surface area (Å²) >= 11 is 0. The lowest BCUT2D eigenvalue weighted by Crippen LogP contribution is -2.40. The van der Waals surface area contributed by atoms with Crippen molar-refractivity contribution in [3.63, 3.8) is 0 Å². The molecule has 2 aliphatic rings. The molecule has 3 rings (SSSR count). The van der Waals surface area contributed by atoms with Gasteiger partial charge in [0, 0.05) is 12.1 Å². The number of benzene rings is 1. The molecule has 3 heteroatoms. The van der Waals surface area contributed by atoms with Crippen LogP contribution in [0.3, 0.4) is 0 Å². The second kappa shape index (κ2) is 8.20. The SMILES string of the molecule is CC(C)OCCCC1CCc2cc([C@H]3CC[C@](N)(CO)C3)ccc2C1. The number of hydrogen-bond donors (Lipinski definition) is 2. The minimum absolute atomic E-state index is 0.108. The highest BCUT2D eigenvalue weighted by atomic mass is 16.5. The molecule has 0 radical (unpaired) electrons. The Balaban J connectivity index is 1.55. The maximum atomic E-state index is 9.50. The van der Waals surface area contributed by atoms with Crippen molar-refractivity contribution in [1.29, 1.82) is 0 Å². The van der Waals surface area contributed by atoms with Crippen molar-refractivity contribution in [3.05, 3.63) is 34.9 Å². The highest BCUT2D eigenvalue weighted by Gasteiger charge is 2.36. The summed E-state index contributed by atoms with van der Waals surface area (Å²) in [6.07, 6.45) is 9.50. The highest BCUT2D eigenvalue weighted by Crippen LogP contribution is 2.40. The molecule has 1 aromatic carbocycles. The second-order valence-electron chi connectivity index (χ2n) is 8.66. The Kier molecular flexibility index (Phi) is 6.19. The lowest BCUT2D eigenvalue weighted by atomic mass is 9.80. The average molecular weight is 346 g/mol. The molecule has 0 aliphatic heterocycles. The minimum Gasteiger partial charge on any atom is -0.394 e. The summed E-state index contributed by atoms with van der Waals surface area (Å²) in [5, 5.41) is 9.50. The average Bonchev–Trinajstić information content (AvgIpc) is 3.01. The van der Waals surface area contributed by atoms with Gasteiger partial charge in [-0.05, 0) is 93.7 Å². The van der Waals surface area contributed by atoms with Gasteiger partial charge >= 0.3 is 0 Å². The number of aliphatic hydroxyl groups excluding tert-OH is 1. The van der Waals surface area contributed by atoms with Crippen molar-refractivity contribution in [3.8, 4) is 0 Å². The molecule has 3 nitrogen and oxygen atoms in total. The van der Waals surface area contributed by atoms with Gasteiger partial charge in [-0.2, -0.15) is 0 Å². The molecule has 25 heavy (non-hydrogen) atoms. The smallest absolute Gasteiger partial charge is 0.0611 e. The van der Waals surface area contributed by atoms with Crippen LogP contribution in [0.25, 0.3) is 0 Å². The number of rotatable bonds is 7. The maximum absolute atomic E-state index is 9.50. The molecule has 1 aromatic rings. The van der Waals surface area contributed by atoms with Crippen molar-refractivity contribution in [2.75, 3.05) is 13.2 Å². The number of nitrogens with two attached hydrogens (primary N) is 1. The molecule has 0 bridgehead atoms. The van der Waals surface area contributed by atoms with Crippen molar-refractivity contribution in [1.82, 2.24) is 0 Å². The first kappa shape index (κ1) is 18.9. The van der Waals surface area contributed by atoms with Gasteiger partial charge in [0.1, 0.15) is 0 Å². The van der Waals surface area contributed by atoms with E-state index in [0.29, 0.717) is 12.0 Å². The van der Waals surface area contributed by atoms with E-state index in [1.54, 1.807) is 11.1 Å². The van der Waals surface area contributed by atoms with E-state index >= 15 is 0 Å². The maximum Gasteiger partial charge on any atom is 0.0611 e. The van der Waals surface area contributed by atoms with Crippen LogP contribution in [0.5, 0.6) is 0 Å². The second-order valence-corrected chi connectivity index (χ2v) is 8.66. The Hall–Kier alpha value is -0.900. The van der Waals surface area contributed by atoms with E-state index in [4.69, 9.17) is 10.5 Å². The van der Waals surface area contributed by atoms with E-state index in [1.807, 2.05) is 0 Å². The van der Waals surface area contributed by atoms with Crippen molar-refractivity contribution in [2.24, 2.45) is 11.7 Å². The van der Waals surface area contributed by atoms with Gasteiger partial charge in [0.15, 0.2) is 0 Å². The van der Waals surface area contributed by atoms with Gasteiger partial charge in [-0.15, -0.1) is 0 Å². The van der Waals surface area contributed by atoms with Crippen LogP contribution in [0.1, 0.15) is 75.0 Å². The van der Waals surface area contributed by atoms with Crippen molar-refractivity contribution < 1.29 is 9.84 Å². The Morgan fingerprint density at radius 3 is 2.84 bits per heavy atom. The molecule has 0 heterocycles. The van der Waals surface area contributed by atoms with E-state index < -0.39 is 0 Å². The quantitative estimate of drug-likeness (QED) is 0.736. The molecule has 140 valence electrons. The minimum atomic E-state index is -0.357. The lowest BCUT2D eigenvalue weighted by molar-refractivity contribution is 0.0732. The zero-order valence-corrected chi connectivity index (χ0v) is 16.0. The summed E-state index contributed by atoms with van der Waals surface area (Å²) in [6, 6.07) is 7.11. The molecule has 0 amide bonds. The van der Waals surface area contributed by atoms with Gasteiger partial charge in [-0.1, -0.05) is 18.2 Å². The Morgan fingerprint density at radius 2 is 2.12 bits per heavy atom. The number of fused-ring (bicyclic) bond motifs is 1.